The lowest BCUT2D eigenvalue weighted by atomic mass is 9.95. The third-order valence-electron chi connectivity index (χ3n) is 3.84. The van der Waals surface area contributed by atoms with Crippen molar-refractivity contribution in [3.05, 3.63) is 29.8 Å². The molecule has 0 aliphatic carbocycles. The van der Waals surface area contributed by atoms with E-state index in [0.29, 0.717) is 24.3 Å². The Bertz CT molecular complexity index is 508. The first-order valence-corrected chi connectivity index (χ1v) is 7.54. The number of hydrogen-bond acceptors (Lipinski definition) is 3. The molecular formula is C16H23N3O2. The fourth-order valence-corrected chi connectivity index (χ4v) is 2.59. The second-order valence-electron chi connectivity index (χ2n) is 5.48. The number of likely N-dealkylation sites (tertiary alicyclic amines) is 1. The van der Waals surface area contributed by atoms with Crippen LogP contribution in [0.25, 0.3) is 0 Å². The molecule has 0 unspecified atom stereocenters. The molecule has 0 saturated carbocycles. The number of benzene rings is 1. The van der Waals surface area contributed by atoms with Gasteiger partial charge in [-0.1, -0.05) is 13.0 Å². The number of hydrogen-bond donors (Lipinski definition) is 2. The van der Waals surface area contributed by atoms with Crippen LogP contribution in [-0.4, -0.2) is 36.3 Å². The Balaban J connectivity index is 1.89. The average molecular weight is 289 g/mol. The van der Waals surface area contributed by atoms with Crippen LogP contribution in [0.5, 0.6) is 0 Å². The highest BCUT2D eigenvalue weighted by Gasteiger charge is 2.27. The van der Waals surface area contributed by atoms with E-state index < -0.39 is 0 Å². The van der Waals surface area contributed by atoms with Crippen LogP contribution in [0.1, 0.15) is 36.5 Å². The van der Waals surface area contributed by atoms with Gasteiger partial charge in [-0.15, -0.1) is 0 Å². The van der Waals surface area contributed by atoms with Gasteiger partial charge in [0.25, 0.3) is 5.91 Å². The van der Waals surface area contributed by atoms with E-state index in [1.54, 1.807) is 29.2 Å². The molecule has 5 heteroatoms. The van der Waals surface area contributed by atoms with E-state index in [1.165, 1.54) is 0 Å². The molecule has 1 aliphatic heterocycles. The largest absolute Gasteiger partial charge is 0.399 e. The van der Waals surface area contributed by atoms with E-state index in [9.17, 15) is 9.59 Å². The minimum absolute atomic E-state index is 0.00489. The number of nitrogens with one attached hydrogen (secondary N) is 1. The van der Waals surface area contributed by atoms with Gasteiger partial charge in [-0.3, -0.25) is 9.59 Å². The molecule has 2 rings (SSSR count). The molecule has 21 heavy (non-hydrogen) atoms. The zero-order chi connectivity index (χ0) is 15.2. The fourth-order valence-electron chi connectivity index (χ4n) is 2.59. The van der Waals surface area contributed by atoms with E-state index in [1.807, 2.05) is 6.92 Å². The van der Waals surface area contributed by atoms with Crippen LogP contribution >= 0.6 is 0 Å². The topological polar surface area (TPSA) is 75.4 Å². The second-order valence-corrected chi connectivity index (χ2v) is 5.48. The Morgan fingerprint density at radius 1 is 1.33 bits per heavy atom. The summed E-state index contributed by atoms with van der Waals surface area (Å²) in [7, 11) is 0. The van der Waals surface area contributed by atoms with Gasteiger partial charge < -0.3 is 16.0 Å². The van der Waals surface area contributed by atoms with Gasteiger partial charge in [0.2, 0.25) is 5.91 Å². The van der Waals surface area contributed by atoms with Crippen molar-refractivity contribution in [3.8, 4) is 0 Å². The second kappa shape index (κ2) is 7.11. The van der Waals surface area contributed by atoms with Crippen molar-refractivity contribution >= 4 is 17.5 Å². The summed E-state index contributed by atoms with van der Waals surface area (Å²) >= 11 is 0. The van der Waals surface area contributed by atoms with Crippen molar-refractivity contribution in [1.29, 1.82) is 0 Å². The number of nitrogens with zero attached hydrogens (tertiary/aromatic N) is 1. The highest BCUT2D eigenvalue weighted by Crippen LogP contribution is 2.20. The molecule has 114 valence electrons. The van der Waals surface area contributed by atoms with Crippen LogP contribution < -0.4 is 11.1 Å². The predicted molar refractivity (Wildman–Crippen MR) is 82.8 cm³/mol. The number of piperidine rings is 1. The molecule has 0 aromatic heterocycles. The quantitative estimate of drug-likeness (QED) is 0.828. The summed E-state index contributed by atoms with van der Waals surface area (Å²) in [4.78, 5) is 26.1. The first-order chi connectivity index (χ1) is 10.1. The summed E-state index contributed by atoms with van der Waals surface area (Å²) in [6.07, 6.45) is 2.39. The maximum atomic E-state index is 12.4. The van der Waals surface area contributed by atoms with Crippen LogP contribution in [0, 0.1) is 5.92 Å². The van der Waals surface area contributed by atoms with E-state index in [-0.39, 0.29) is 17.7 Å². The van der Waals surface area contributed by atoms with Gasteiger partial charge in [0.1, 0.15) is 0 Å². The maximum absolute atomic E-state index is 12.4. The Hall–Kier alpha value is -2.04. The third-order valence-corrected chi connectivity index (χ3v) is 3.84. The van der Waals surface area contributed by atoms with Crippen LogP contribution in [0.4, 0.5) is 5.69 Å². The van der Waals surface area contributed by atoms with Crippen LogP contribution in [0.3, 0.4) is 0 Å². The highest BCUT2D eigenvalue weighted by molar-refractivity contribution is 5.95. The zero-order valence-electron chi connectivity index (χ0n) is 12.5. The molecule has 2 amide bonds. The number of nitrogens with two attached hydrogens (primary N) is 1. The van der Waals surface area contributed by atoms with Crippen molar-refractivity contribution in [2.45, 2.75) is 26.2 Å². The predicted octanol–water partition coefficient (Wildman–Crippen LogP) is 1.65. The van der Waals surface area contributed by atoms with Gasteiger partial charge >= 0.3 is 0 Å². The van der Waals surface area contributed by atoms with Gasteiger partial charge in [-0.2, -0.15) is 0 Å². The maximum Gasteiger partial charge on any atom is 0.253 e. The fraction of sp³-hybridized carbons (Fsp3) is 0.500. The molecule has 0 atom stereocenters. The van der Waals surface area contributed by atoms with Gasteiger partial charge in [0, 0.05) is 36.8 Å². The normalized spacial score (nSPS) is 15.8. The molecule has 5 nitrogen and oxygen atoms in total. The average Bonchev–Trinajstić information content (AvgIpc) is 2.52. The summed E-state index contributed by atoms with van der Waals surface area (Å²) in [5, 5.41) is 2.93. The lowest BCUT2D eigenvalue weighted by Gasteiger charge is -2.31. The Morgan fingerprint density at radius 3 is 2.67 bits per heavy atom. The standard InChI is InChI=1S/C16H23N3O2/c1-2-8-18-15(20)12-6-9-19(10-7-12)16(21)13-4-3-5-14(17)11-13/h3-5,11-12H,2,6-10,17H2,1H3,(H,18,20). The molecule has 0 spiro atoms. The lowest BCUT2D eigenvalue weighted by Crippen LogP contribution is -2.43. The summed E-state index contributed by atoms with van der Waals surface area (Å²) in [5.41, 5.74) is 6.92. The number of carbonyl (C=O) groups is 2. The molecule has 1 aromatic rings. The lowest BCUT2D eigenvalue weighted by molar-refractivity contribution is -0.126. The molecule has 1 aromatic carbocycles. The molecular weight excluding hydrogens is 266 g/mol. The Morgan fingerprint density at radius 2 is 2.05 bits per heavy atom. The van der Waals surface area contributed by atoms with Gasteiger partial charge in [0.15, 0.2) is 0 Å². The van der Waals surface area contributed by atoms with E-state index in [2.05, 4.69) is 5.32 Å². The molecule has 0 bridgehead atoms. The van der Waals surface area contributed by atoms with Crippen LogP contribution in [0.15, 0.2) is 24.3 Å². The number of anilines is 1. The van der Waals surface area contributed by atoms with Gasteiger partial charge in [-0.25, -0.2) is 0 Å². The number of rotatable bonds is 4. The van der Waals surface area contributed by atoms with Gasteiger partial charge in [-0.05, 0) is 37.5 Å². The monoisotopic (exact) mass is 289 g/mol. The smallest absolute Gasteiger partial charge is 0.253 e. The van der Waals surface area contributed by atoms with Crippen molar-refractivity contribution < 1.29 is 9.59 Å². The van der Waals surface area contributed by atoms with Crippen molar-refractivity contribution in [2.75, 3.05) is 25.4 Å². The summed E-state index contributed by atoms with van der Waals surface area (Å²) in [6.45, 7) is 4.00. The number of carbonyl (C=O) groups excluding carboxylic acids is 2. The van der Waals surface area contributed by atoms with E-state index in [4.69, 9.17) is 5.73 Å². The highest BCUT2D eigenvalue weighted by atomic mass is 16.2. The number of nitrogen functional groups attached to an aromatic ring is 1. The van der Waals surface area contributed by atoms with Crippen molar-refractivity contribution in [2.24, 2.45) is 5.92 Å². The molecule has 1 fully saturated rings. The van der Waals surface area contributed by atoms with Crippen LogP contribution in [-0.2, 0) is 4.79 Å². The summed E-state index contributed by atoms with van der Waals surface area (Å²) in [6, 6.07) is 7.02. The molecule has 1 heterocycles. The minimum Gasteiger partial charge on any atom is -0.399 e. The molecule has 0 radical (unpaired) electrons. The van der Waals surface area contributed by atoms with Gasteiger partial charge in [0.05, 0.1) is 0 Å². The Kier molecular flexibility index (Phi) is 5.20. The molecule has 3 N–H and O–H groups in total. The summed E-state index contributed by atoms with van der Waals surface area (Å²) < 4.78 is 0. The first-order valence-electron chi connectivity index (χ1n) is 7.54. The Labute approximate surface area is 125 Å². The molecule has 1 aliphatic rings. The first kappa shape index (κ1) is 15.4. The van der Waals surface area contributed by atoms with Crippen molar-refractivity contribution in [3.63, 3.8) is 0 Å². The molecule has 1 saturated heterocycles. The van der Waals surface area contributed by atoms with Crippen LogP contribution in [0.2, 0.25) is 0 Å². The number of amides is 2. The van der Waals surface area contributed by atoms with E-state index in [0.717, 1.165) is 25.8 Å². The third kappa shape index (κ3) is 3.97. The minimum atomic E-state index is -0.00489. The van der Waals surface area contributed by atoms with Crippen molar-refractivity contribution in [1.82, 2.24) is 10.2 Å². The zero-order valence-corrected chi connectivity index (χ0v) is 12.5. The SMILES string of the molecule is CCCNC(=O)C1CCN(C(=O)c2cccc(N)c2)CC1. The summed E-state index contributed by atoms with van der Waals surface area (Å²) in [5.74, 6) is 0.143. The van der Waals surface area contributed by atoms with E-state index >= 15 is 0 Å².